The van der Waals surface area contributed by atoms with Crippen molar-refractivity contribution >= 4 is 46.4 Å². The highest BCUT2D eigenvalue weighted by molar-refractivity contribution is 6.42. The van der Waals surface area contributed by atoms with Gasteiger partial charge in [0.1, 0.15) is 11.5 Å². The number of phenols is 2. The number of hydrogen-bond acceptors (Lipinski definition) is 4. The molecule has 0 fully saturated rings. The summed E-state index contributed by atoms with van der Waals surface area (Å²) in [7, 11) is 0. The Labute approximate surface area is 170 Å². The highest BCUT2D eigenvalue weighted by atomic mass is 35.5. The topological polar surface area (TPSA) is 98.7 Å². The van der Waals surface area contributed by atoms with Crippen molar-refractivity contribution in [2.75, 3.05) is 10.6 Å². The Hall–Kier alpha value is -3.22. The first-order valence-electron chi connectivity index (χ1n) is 8.04. The smallest absolute Gasteiger partial charge is 0.259 e. The summed E-state index contributed by atoms with van der Waals surface area (Å²) in [5, 5.41) is 25.2. The third-order valence-corrected chi connectivity index (χ3v) is 4.58. The van der Waals surface area contributed by atoms with Crippen molar-refractivity contribution in [1.82, 2.24) is 0 Å². The van der Waals surface area contributed by atoms with Gasteiger partial charge in [0.15, 0.2) is 0 Å². The van der Waals surface area contributed by atoms with Crippen LogP contribution in [0.5, 0.6) is 11.5 Å². The van der Waals surface area contributed by atoms with E-state index in [-0.39, 0.29) is 44.0 Å². The number of benzene rings is 3. The van der Waals surface area contributed by atoms with Crippen LogP contribution in [0.1, 0.15) is 20.7 Å². The molecule has 3 aromatic rings. The Bertz CT molecular complexity index is 985. The molecule has 0 spiro atoms. The van der Waals surface area contributed by atoms with Crippen LogP contribution in [0.2, 0.25) is 10.0 Å². The average Bonchev–Trinajstić information content (AvgIpc) is 2.66. The lowest BCUT2D eigenvalue weighted by atomic mass is 10.1. The van der Waals surface area contributed by atoms with Gasteiger partial charge in [-0.25, -0.2) is 0 Å². The van der Waals surface area contributed by atoms with Crippen LogP contribution in [0.15, 0.2) is 60.7 Å². The fraction of sp³-hybridized carbons (Fsp3) is 0. The first kappa shape index (κ1) is 19.5. The molecule has 3 rings (SSSR count). The number of hydrogen-bond donors (Lipinski definition) is 4. The molecule has 0 saturated heterocycles. The molecule has 0 radical (unpaired) electrons. The molecule has 2 amide bonds. The van der Waals surface area contributed by atoms with Crippen LogP contribution in [-0.2, 0) is 0 Å². The SMILES string of the molecule is O=C(Nc1cc(Cl)c(Cl)cc1NC(=O)c1ccccc1O)c1ccccc1O. The Kier molecular flexibility index (Phi) is 5.73. The Morgan fingerprint density at radius 2 is 1.04 bits per heavy atom. The summed E-state index contributed by atoms with van der Waals surface area (Å²) in [6.45, 7) is 0. The summed E-state index contributed by atoms with van der Waals surface area (Å²) < 4.78 is 0. The maximum atomic E-state index is 12.5. The minimum absolute atomic E-state index is 0.0477. The first-order valence-corrected chi connectivity index (χ1v) is 8.80. The molecule has 28 heavy (non-hydrogen) atoms. The van der Waals surface area contributed by atoms with E-state index in [1.54, 1.807) is 24.3 Å². The number of nitrogens with one attached hydrogen (secondary N) is 2. The molecule has 6 nitrogen and oxygen atoms in total. The molecule has 0 aliphatic carbocycles. The fourth-order valence-corrected chi connectivity index (χ4v) is 2.79. The molecule has 3 aromatic carbocycles. The van der Waals surface area contributed by atoms with Crippen LogP contribution in [0.25, 0.3) is 0 Å². The fourth-order valence-electron chi connectivity index (χ4n) is 2.46. The number of carbonyl (C=O) groups excluding carboxylic acids is 2. The van der Waals surface area contributed by atoms with Gasteiger partial charge in [-0.15, -0.1) is 0 Å². The van der Waals surface area contributed by atoms with Crippen molar-refractivity contribution in [2.45, 2.75) is 0 Å². The van der Waals surface area contributed by atoms with Gasteiger partial charge in [0.25, 0.3) is 11.8 Å². The van der Waals surface area contributed by atoms with E-state index in [1.807, 2.05) is 0 Å². The standard InChI is InChI=1S/C20H14Cl2N2O4/c21-13-9-15(23-19(27)11-5-1-3-7-17(11)25)16(10-14(13)22)24-20(28)12-6-2-4-8-18(12)26/h1-10,25-26H,(H,23,27)(H,24,28). The first-order chi connectivity index (χ1) is 13.4. The van der Waals surface area contributed by atoms with Crippen LogP contribution in [-0.4, -0.2) is 22.0 Å². The third kappa shape index (κ3) is 4.19. The highest BCUT2D eigenvalue weighted by Gasteiger charge is 2.17. The van der Waals surface area contributed by atoms with Crippen LogP contribution in [0.3, 0.4) is 0 Å². The van der Waals surface area contributed by atoms with Crippen molar-refractivity contribution in [3.63, 3.8) is 0 Å². The monoisotopic (exact) mass is 416 g/mol. The van der Waals surface area contributed by atoms with E-state index in [0.29, 0.717) is 0 Å². The number of amides is 2. The van der Waals surface area contributed by atoms with Gasteiger partial charge in [-0.3, -0.25) is 9.59 Å². The van der Waals surface area contributed by atoms with Gasteiger partial charge in [0.2, 0.25) is 0 Å². The number of aromatic hydroxyl groups is 2. The van der Waals surface area contributed by atoms with Crippen LogP contribution >= 0.6 is 23.2 Å². The molecule has 0 bridgehead atoms. The van der Waals surface area contributed by atoms with Gasteiger partial charge >= 0.3 is 0 Å². The number of anilines is 2. The lowest BCUT2D eigenvalue weighted by Crippen LogP contribution is -2.17. The number of para-hydroxylation sites is 2. The molecule has 142 valence electrons. The quantitative estimate of drug-likeness (QED) is 0.485. The average molecular weight is 417 g/mol. The molecular formula is C20H14Cl2N2O4. The molecule has 0 aliphatic heterocycles. The zero-order valence-electron chi connectivity index (χ0n) is 14.2. The molecular weight excluding hydrogens is 403 g/mol. The van der Waals surface area contributed by atoms with Crippen molar-refractivity contribution in [3.8, 4) is 11.5 Å². The van der Waals surface area contributed by atoms with E-state index in [1.165, 1.54) is 36.4 Å². The van der Waals surface area contributed by atoms with Gasteiger partial charge in [0, 0.05) is 0 Å². The van der Waals surface area contributed by atoms with E-state index in [0.717, 1.165) is 0 Å². The molecule has 0 atom stereocenters. The number of carbonyl (C=O) groups is 2. The zero-order chi connectivity index (χ0) is 20.3. The zero-order valence-corrected chi connectivity index (χ0v) is 15.8. The largest absolute Gasteiger partial charge is 0.507 e. The van der Waals surface area contributed by atoms with E-state index in [4.69, 9.17) is 23.2 Å². The lowest BCUT2D eigenvalue weighted by Gasteiger charge is -2.15. The third-order valence-electron chi connectivity index (χ3n) is 3.85. The summed E-state index contributed by atoms with van der Waals surface area (Å²) in [5.74, 6) is -1.59. The van der Waals surface area contributed by atoms with Crippen molar-refractivity contribution < 1.29 is 19.8 Å². The van der Waals surface area contributed by atoms with E-state index >= 15 is 0 Å². The summed E-state index contributed by atoms with van der Waals surface area (Å²) in [5.41, 5.74) is 0.441. The Balaban J connectivity index is 1.93. The van der Waals surface area contributed by atoms with Gasteiger partial charge < -0.3 is 20.8 Å². The normalized spacial score (nSPS) is 10.4. The maximum absolute atomic E-state index is 12.5. The molecule has 0 aliphatic rings. The van der Waals surface area contributed by atoms with Gasteiger partial charge in [-0.2, -0.15) is 0 Å². The summed E-state index contributed by atoms with van der Waals surface area (Å²) in [4.78, 5) is 25.0. The Morgan fingerprint density at radius 1 is 0.679 bits per heavy atom. The second-order valence-electron chi connectivity index (χ2n) is 5.75. The lowest BCUT2D eigenvalue weighted by molar-refractivity contribution is 0.101. The molecule has 0 heterocycles. The van der Waals surface area contributed by atoms with Gasteiger partial charge in [0.05, 0.1) is 32.5 Å². The number of rotatable bonds is 4. The predicted octanol–water partition coefficient (Wildman–Crippen LogP) is 4.91. The van der Waals surface area contributed by atoms with Crippen LogP contribution < -0.4 is 10.6 Å². The molecule has 4 N–H and O–H groups in total. The number of halogens is 2. The molecule has 0 saturated carbocycles. The minimum atomic E-state index is -0.602. The highest BCUT2D eigenvalue weighted by Crippen LogP contribution is 2.34. The molecule has 0 aromatic heterocycles. The summed E-state index contributed by atoms with van der Waals surface area (Å²) in [6.07, 6.45) is 0. The predicted molar refractivity (Wildman–Crippen MR) is 109 cm³/mol. The van der Waals surface area contributed by atoms with E-state index in [2.05, 4.69) is 10.6 Å². The minimum Gasteiger partial charge on any atom is -0.507 e. The Morgan fingerprint density at radius 3 is 1.39 bits per heavy atom. The van der Waals surface area contributed by atoms with Gasteiger partial charge in [-0.05, 0) is 36.4 Å². The van der Waals surface area contributed by atoms with Crippen LogP contribution in [0.4, 0.5) is 11.4 Å². The van der Waals surface area contributed by atoms with Crippen LogP contribution in [0, 0.1) is 0 Å². The summed E-state index contributed by atoms with van der Waals surface area (Å²) >= 11 is 12.1. The molecule has 8 heteroatoms. The van der Waals surface area contributed by atoms with E-state index < -0.39 is 11.8 Å². The summed E-state index contributed by atoms with van der Waals surface area (Å²) in [6, 6.07) is 14.8. The van der Waals surface area contributed by atoms with Crippen molar-refractivity contribution in [3.05, 3.63) is 81.8 Å². The number of phenolic OH excluding ortho intramolecular Hbond substituents is 2. The van der Waals surface area contributed by atoms with Crippen molar-refractivity contribution in [2.24, 2.45) is 0 Å². The van der Waals surface area contributed by atoms with E-state index in [9.17, 15) is 19.8 Å². The molecule has 0 unspecified atom stereocenters. The van der Waals surface area contributed by atoms with Gasteiger partial charge in [-0.1, -0.05) is 47.5 Å². The maximum Gasteiger partial charge on any atom is 0.259 e. The second-order valence-corrected chi connectivity index (χ2v) is 6.57. The second kappa shape index (κ2) is 8.21. The van der Waals surface area contributed by atoms with Crippen molar-refractivity contribution in [1.29, 1.82) is 0 Å².